The van der Waals surface area contributed by atoms with E-state index in [2.05, 4.69) is 17.5 Å². The van der Waals surface area contributed by atoms with Gasteiger partial charge in [-0.2, -0.15) is 0 Å². The van der Waals surface area contributed by atoms with E-state index in [4.69, 9.17) is 0 Å². The highest BCUT2D eigenvalue weighted by molar-refractivity contribution is 5.62. The monoisotopic (exact) mass is 349 g/mol. The number of benzene rings is 1. The molecule has 0 saturated carbocycles. The van der Waals surface area contributed by atoms with Gasteiger partial charge in [0.2, 0.25) is 0 Å². The summed E-state index contributed by atoms with van der Waals surface area (Å²) in [4.78, 5) is 15.3. The van der Waals surface area contributed by atoms with Crippen LogP contribution in [0, 0.1) is 12.7 Å². The molecule has 0 saturated heterocycles. The van der Waals surface area contributed by atoms with E-state index in [0.29, 0.717) is 5.56 Å². The van der Waals surface area contributed by atoms with Gasteiger partial charge in [0.25, 0.3) is 0 Å². The second-order valence-electron chi connectivity index (χ2n) is 6.68. The molecule has 0 aromatic heterocycles. The van der Waals surface area contributed by atoms with E-state index in [1.807, 2.05) is 59.7 Å². The number of nitrogens with zero attached hydrogens (tertiary/aromatic N) is 2. The zero-order valence-electron chi connectivity index (χ0n) is 14.7. The summed E-state index contributed by atoms with van der Waals surface area (Å²) in [6, 6.07) is 5.11. The number of nitrogens with one attached hydrogen (secondary N) is 1. The average molecular weight is 349 g/mol. The van der Waals surface area contributed by atoms with Crippen LogP contribution in [0.2, 0.25) is 0 Å². The fraction of sp³-hybridized carbons (Fsp3) is 0.190. The van der Waals surface area contributed by atoms with Crippen molar-refractivity contribution in [2.45, 2.75) is 19.1 Å². The van der Waals surface area contributed by atoms with E-state index >= 15 is 0 Å². The summed E-state index contributed by atoms with van der Waals surface area (Å²) in [6.45, 7) is 1.77. The standard InChI is InChI=1S/C21H20FN3O/c1-14-10-15(6-8-19(14)22)21-18(4-3-9-23-21)16-5-7-17-12-24(2)20(13-26)25(17)11-16/h3-13,20-21,23H,1-2H3. The number of hydrogen-bond acceptors (Lipinski definition) is 4. The molecule has 0 amide bonds. The predicted molar refractivity (Wildman–Crippen MR) is 99.0 cm³/mol. The van der Waals surface area contributed by atoms with Crippen molar-refractivity contribution in [3.8, 4) is 0 Å². The number of carbonyl (C=O) groups is 1. The van der Waals surface area contributed by atoms with Gasteiger partial charge in [-0.3, -0.25) is 4.79 Å². The lowest BCUT2D eigenvalue weighted by Gasteiger charge is -2.30. The van der Waals surface area contributed by atoms with E-state index < -0.39 is 0 Å². The molecule has 4 nitrogen and oxygen atoms in total. The highest BCUT2D eigenvalue weighted by atomic mass is 19.1. The number of hydrogen-bond donors (Lipinski definition) is 1. The van der Waals surface area contributed by atoms with E-state index in [9.17, 15) is 9.18 Å². The van der Waals surface area contributed by atoms with E-state index in [1.165, 1.54) is 6.07 Å². The molecule has 3 heterocycles. The summed E-state index contributed by atoms with van der Waals surface area (Å²) in [5, 5.41) is 3.36. The second kappa shape index (κ2) is 6.33. The Morgan fingerprint density at radius 1 is 1.23 bits per heavy atom. The Bertz CT molecular complexity index is 910. The number of rotatable bonds is 3. The van der Waals surface area contributed by atoms with Gasteiger partial charge in [0.05, 0.1) is 11.7 Å². The highest BCUT2D eigenvalue weighted by Crippen LogP contribution is 2.35. The van der Waals surface area contributed by atoms with Crippen LogP contribution in [0.1, 0.15) is 17.2 Å². The van der Waals surface area contributed by atoms with Crippen molar-refractivity contribution in [1.82, 2.24) is 15.1 Å². The summed E-state index contributed by atoms with van der Waals surface area (Å²) >= 11 is 0. The summed E-state index contributed by atoms with van der Waals surface area (Å²) in [5.41, 5.74) is 4.71. The molecule has 3 aliphatic heterocycles. The normalized spacial score (nSPS) is 23.9. The fourth-order valence-electron chi connectivity index (χ4n) is 3.56. The third-order valence-corrected chi connectivity index (χ3v) is 4.96. The van der Waals surface area contributed by atoms with Crippen LogP contribution in [-0.4, -0.2) is 29.3 Å². The molecular weight excluding hydrogens is 329 g/mol. The van der Waals surface area contributed by atoms with E-state index in [0.717, 1.165) is 28.7 Å². The molecule has 1 aromatic rings. The van der Waals surface area contributed by atoms with Gasteiger partial charge in [0.1, 0.15) is 5.82 Å². The third kappa shape index (κ3) is 2.65. The van der Waals surface area contributed by atoms with Crippen LogP contribution >= 0.6 is 0 Å². The number of fused-ring (bicyclic) bond motifs is 1. The minimum absolute atomic E-state index is 0.0734. The van der Waals surface area contributed by atoms with Crippen LogP contribution in [-0.2, 0) is 4.79 Å². The highest BCUT2D eigenvalue weighted by Gasteiger charge is 2.30. The molecule has 1 aromatic carbocycles. The molecule has 132 valence electrons. The Morgan fingerprint density at radius 3 is 2.85 bits per heavy atom. The van der Waals surface area contributed by atoms with Crippen LogP contribution in [0.15, 0.2) is 77.9 Å². The Labute approximate surface area is 152 Å². The van der Waals surface area contributed by atoms with E-state index in [1.54, 1.807) is 6.92 Å². The number of aldehydes is 1. The van der Waals surface area contributed by atoms with Crippen molar-refractivity contribution >= 4 is 6.29 Å². The van der Waals surface area contributed by atoms with Gasteiger partial charge in [-0.1, -0.05) is 24.3 Å². The first-order valence-corrected chi connectivity index (χ1v) is 8.55. The fourth-order valence-corrected chi connectivity index (χ4v) is 3.56. The van der Waals surface area contributed by atoms with Gasteiger partial charge in [-0.05, 0) is 53.6 Å². The zero-order chi connectivity index (χ0) is 18.3. The van der Waals surface area contributed by atoms with Crippen molar-refractivity contribution in [1.29, 1.82) is 0 Å². The van der Waals surface area contributed by atoms with Crippen molar-refractivity contribution in [3.05, 3.63) is 94.9 Å². The SMILES string of the molecule is Cc1cc(C2NC=CC=C2C2=CN3C(=CN(C)C3C=O)C=C2)ccc1F. The minimum Gasteiger partial charge on any atom is -0.380 e. The van der Waals surface area contributed by atoms with Gasteiger partial charge in [0.15, 0.2) is 12.5 Å². The first-order valence-electron chi connectivity index (χ1n) is 8.55. The van der Waals surface area contributed by atoms with E-state index in [-0.39, 0.29) is 18.0 Å². The molecule has 26 heavy (non-hydrogen) atoms. The quantitative estimate of drug-likeness (QED) is 0.850. The molecule has 0 bridgehead atoms. The van der Waals surface area contributed by atoms with Crippen molar-refractivity contribution < 1.29 is 9.18 Å². The Morgan fingerprint density at radius 2 is 2.08 bits per heavy atom. The van der Waals surface area contributed by atoms with Gasteiger partial charge >= 0.3 is 0 Å². The van der Waals surface area contributed by atoms with Crippen LogP contribution in [0.4, 0.5) is 4.39 Å². The third-order valence-electron chi connectivity index (χ3n) is 4.96. The molecule has 5 heteroatoms. The molecule has 0 fully saturated rings. The molecule has 1 N–H and O–H groups in total. The number of halogens is 1. The molecule has 0 aliphatic carbocycles. The molecule has 3 aliphatic rings. The molecule has 4 rings (SSSR count). The largest absolute Gasteiger partial charge is 0.380 e. The molecule has 0 spiro atoms. The summed E-state index contributed by atoms with van der Waals surface area (Å²) in [6.07, 6.45) is 14.5. The first-order chi connectivity index (χ1) is 12.6. The van der Waals surface area contributed by atoms with Crippen LogP contribution in [0.3, 0.4) is 0 Å². The zero-order valence-corrected chi connectivity index (χ0v) is 14.7. The summed E-state index contributed by atoms with van der Waals surface area (Å²) < 4.78 is 13.7. The maximum atomic E-state index is 13.7. The molecule has 2 atom stereocenters. The van der Waals surface area contributed by atoms with Gasteiger partial charge in [-0.15, -0.1) is 0 Å². The maximum absolute atomic E-state index is 13.7. The van der Waals surface area contributed by atoms with Crippen LogP contribution in [0.5, 0.6) is 0 Å². The van der Waals surface area contributed by atoms with Crippen LogP contribution in [0.25, 0.3) is 0 Å². The van der Waals surface area contributed by atoms with Crippen molar-refractivity contribution in [2.75, 3.05) is 7.05 Å². The lowest BCUT2D eigenvalue weighted by molar-refractivity contribution is -0.113. The second-order valence-corrected chi connectivity index (χ2v) is 6.68. The molecular formula is C21H20FN3O. The lowest BCUT2D eigenvalue weighted by Crippen LogP contribution is -2.36. The number of allylic oxidation sites excluding steroid dienone is 4. The van der Waals surface area contributed by atoms with Crippen molar-refractivity contribution in [2.24, 2.45) is 0 Å². The van der Waals surface area contributed by atoms with Gasteiger partial charge < -0.3 is 15.1 Å². The topological polar surface area (TPSA) is 35.6 Å². The summed E-state index contributed by atoms with van der Waals surface area (Å²) in [5.74, 6) is -0.203. The lowest BCUT2D eigenvalue weighted by atomic mass is 9.89. The summed E-state index contributed by atoms with van der Waals surface area (Å²) in [7, 11) is 1.89. The predicted octanol–water partition coefficient (Wildman–Crippen LogP) is 3.29. The Hall–Kier alpha value is -3.08. The first kappa shape index (κ1) is 16.4. The Kier molecular flexibility index (Phi) is 3.99. The number of aryl methyl sites for hydroxylation is 1. The average Bonchev–Trinajstić information content (AvgIpc) is 2.98. The smallest absolute Gasteiger partial charge is 0.163 e. The number of likely N-dealkylation sites (N-methyl/N-ethyl adjacent to an activating group) is 1. The molecule has 2 unspecified atom stereocenters. The maximum Gasteiger partial charge on any atom is 0.163 e. The van der Waals surface area contributed by atoms with Crippen LogP contribution < -0.4 is 5.32 Å². The van der Waals surface area contributed by atoms with Gasteiger partial charge in [0, 0.05) is 19.4 Å². The number of dihydropyridines is 1. The minimum atomic E-state index is -0.329. The van der Waals surface area contributed by atoms with Crippen molar-refractivity contribution in [3.63, 3.8) is 0 Å². The number of carbonyl (C=O) groups excluding carboxylic acids is 1. The van der Waals surface area contributed by atoms with Gasteiger partial charge in [-0.25, -0.2) is 4.39 Å². The Balaban J connectivity index is 1.70. The molecule has 0 radical (unpaired) electrons.